The van der Waals surface area contributed by atoms with Crippen LogP contribution in [0.5, 0.6) is 0 Å². The van der Waals surface area contributed by atoms with Crippen molar-refractivity contribution in [3.63, 3.8) is 0 Å². The van der Waals surface area contributed by atoms with Gasteiger partial charge >= 0.3 is 5.69 Å². The lowest BCUT2D eigenvalue weighted by Crippen LogP contribution is -1.94. The van der Waals surface area contributed by atoms with Crippen molar-refractivity contribution in [2.45, 2.75) is 0 Å². The van der Waals surface area contributed by atoms with E-state index in [0.717, 1.165) is 6.07 Å². The van der Waals surface area contributed by atoms with Crippen LogP contribution < -0.4 is 0 Å². The Morgan fingerprint density at radius 3 is 2.81 bits per heavy atom. The molecule has 2 aromatic rings. The van der Waals surface area contributed by atoms with E-state index in [9.17, 15) is 14.5 Å². The van der Waals surface area contributed by atoms with Crippen LogP contribution in [0.3, 0.4) is 0 Å². The van der Waals surface area contributed by atoms with E-state index in [1.54, 1.807) is 0 Å². The van der Waals surface area contributed by atoms with E-state index in [2.05, 4.69) is 20.9 Å². The summed E-state index contributed by atoms with van der Waals surface area (Å²) >= 11 is 8.79. The molecule has 2 rings (SSSR count). The first-order valence-electron chi connectivity index (χ1n) is 4.09. The van der Waals surface area contributed by atoms with Gasteiger partial charge in [-0.1, -0.05) is 11.6 Å². The predicted octanol–water partition coefficient (Wildman–Crippen LogP) is 3.70. The molecule has 0 bridgehead atoms. The van der Waals surface area contributed by atoms with Crippen molar-refractivity contribution in [2.24, 2.45) is 0 Å². The number of fused-ring (bicyclic) bond motifs is 1. The van der Waals surface area contributed by atoms with Crippen LogP contribution in [0.15, 0.2) is 22.8 Å². The number of hydrogen-bond donors (Lipinski definition) is 0. The molecule has 0 saturated carbocycles. The fourth-order valence-electron chi connectivity index (χ4n) is 1.32. The van der Waals surface area contributed by atoms with Gasteiger partial charge in [-0.05, 0) is 28.1 Å². The molecule has 0 N–H and O–H groups in total. The van der Waals surface area contributed by atoms with E-state index in [4.69, 9.17) is 11.6 Å². The van der Waals surface area contributed by atoms with Crippen molar-refractivity contribution in [3.8, 4) is 0 Å². The summed E-state index contributed by atoms with van der Waals surface area (Å²) in [6.45, 7) is 0. The molecule has 1 heterocycles. The van der Waals surface area contributed by atoms with E-state index in [1.165, 1.54) is 12.1 Å². The number of halogens is 3. The third kappa shape index (κ3) is 1.74. The zero-order chi connectivity index (χ0) is 11.9. The SMILES string of the molecule is O=[N+]([O-])c1c(Br)nc2cc(F)ccc2c1Cl. The van der Waals surface area contributed by atoms with Gasteiger partial charge in [0.15, 0.2) is 4.60 Å². The topological polar surface area (TPSA) is 56.0 Å². The molecule has 0 unspecified atom stereocenters. The molecule has 1 aromatic carbocycles. The van der Waals surface area contributed by atoms with Gasteiger partial charge in [0.2, 0.25) is 0 Å². The molecule has 0 saturated heterocycles. The number of nitro groups is 1. The number of aromatic nitrogens is 1. The minimum Gasteiger partial charge on any atom is -0.258 e. The molecule has 82 valence electrons. The van der Waals surface area contributed by atoms with E-state index < -0.39 is 10.7 Å². The lowest BCUT2D eigenvalue weighted by Gasteiger charge is -2.02. The number of hydrogen-bond acceptors (Lipinski definition) is 3. The molecular formula is C9H3BrClFN2O2. The summed E-state index contributed by atoms with van der Waals surface area (Å²) in [5, 5.41) is 11.0. The van der Waals surface area contributed by atoms with Gasteiger partial charge < -0.3 is 0 Å². The van der Waals surface area contributed by atoms with Gasteiger partial charge in [0, 0.05) is 11.5 Å². The van der Waals surface area contributed by atoms with Crippen molar-refractivity contribution in [2.75, 3.05) is 0 Å². The van der Waals surface area contributed by atoms with E-state index in [0.29, 0.717) is 5.39 Å². The third-order valence-electron chi connectivity index (χ3n) is 2.00. The van der Waals surface area contributed by atoms with E-state index >= 15 is 0 Å². The Labute approximate surface area is 102 Å². The summed E-state index contributed by atoms with van der Waals surface area (Å²) in [6.07, 6.45) is 0. The maximum atomic E-state index is 12.9. The standard InChI is InChI=1S/C9H3BrClFN2O2/c10-9-8(14(15)16)7(11)5-2-1-4(12)3-6(5)13-9/h1-3H. The number of nitrogens with zero attached hydrogens (tertiary/aromatic N) is 2. The molecule has 7 heteroatoms. The molecule has 0 aliphatic rings. The van der Waals surface area contributed by atoms with Gasteiger partial charge in [0.1, 0.15) is 10.8 Å². The van der Waals surface area contributed by atoms with Gasteiger partial charge in [0.05, 0.1) is 10.4 Å². The van der Waals surface area contributed by atoms with Crippen molar-refractivity contribution in [3.05, 3.63) is 43.8 Å². The zero-order valence-corrected chi connectivity index (χ0v) is 9.92. The molecular weight excluding hydrogens is 302 g/mol. The van der Waals surface area contributed by atoms with E-state index in [-0.39, 0.29) is 20.8 Å². The number of benzene rings is 1. The zero-order valence-electron chi connectivity index (χ0n) is 7.58. The van der Waals surface area contributed by atoms with Crippen LogP contribution in [0.2, 0.25) is 5.02 Å². The Bertz CT molecular complexity index is 606. The van der Waals surface area contributed by atoms with Gasteiger partial charge in [-0.25, -0.2) is 9.37 Å². The largest absolute Gasteiger partial charge is 0.321 e. The monoisotopic (exact) mass is 304 g/mol. The highest BCUT2D eigenvalue weighted by Crippen LogP contribution is 2.36. The van der Waals surface area contributed by atoms with Crippen LogP contribution in [0.1, 0.15) is 0 Å². The minimum atomic E-state index is -0.637. The van der Waals surface area contributed by atoms with Crippen molar-refractivity contribution in [1.82, 2.24) is 4.98 Å². The third-order valence-corrected chi connectivity index (χ3v) is 2.94. The Kier molecular flexibility index (Phi) is 2.77. The number of pyridine rings is 1. The number of rotatable bonds is 1. The minimum absolute atomic E-state index is 0.0133. The maximum Gasteiger partial charge on any atom is 0.321 e. The first-order chi connectivity index (χ1) is 7.50. The normalized spacial score (nSPS) is 10.7. The average Bonchev–Trinajstić information content (AvgIpc) is 2.15. The molecule has 0 fully saturated rings. The maximum absolute atomic E-state index is 12.9. The van der Waals surface area contributed by atoms with E-state index in [1.807, 2.05) is 0 Å². The second-order valence-electron chi connectivity index (χ2n) is 2.98. The van der Waals surface area contributed by atoms with Gasteiger partial charge in [0.25, 0.3) is 0 Å². The van der Waals surface area contributed by atoms with Gasteiger partial charge in [-0.15, -0.1) is 0 Å². The first-order valence-corrected chi connectivity index (χ1v) is 5.26. The second-order valence-corrected chi connectivity index (χ2v) is 4.11. The molecule has 4 nitrogen and oxygen atoms in total. The summed E-state index contributed by atoms with van der Waals surface area (Å²) in [5.74, 6) is -0.475. The molecule has 0 spiro atoms. The summed E-state index contributed by atoms with van der Waals surface area (Å²) in [6, 6.07) is 3.70. The van der Waals surface area contributed by atoms with Crippen LogP contribution >= 0.6 is 27.5 Å². The van der Waals surface area contributed by atoms with Gasteiger partial charge in [-0.3, -0.25) is 10.1 Å². The summed E-state index contributed by atoms with van der Waals surface area (Å²) in [7, 11) is 0. The van der Waals surface area contributed by atoms with Gasteiger partial charge in [-0.2, -0.15) is 0 Å². The lowest BCUT2D eigenvalue weighted by molar-refractivity contribution is -0.385. The van der Waals surface area contributed by atoms with Crippen LogP contribution in [0.25, 0.3) is 10.9 Å². The summed E-state index contributed by atoms with van der Waals surface area (Å²) < 4.78 is 12.9. The highest BCUT2D eigenvalue weighted by atomic mass is 79.9. The first kappa shape index (κ1) is 11.2. The van der Waals surface area contributed by atoms with Crippen molar-refractivity contribution < 1.29 is 9.31 Å². The molecule has 16 heavy (non-hydrogen) atoms. The second kappa shape index (κ2) is 3.95. The van der Waals surface area contributed by atoms with Crippen LogP contribution in [0, 0.1) is 15.9 Å². The highest BCUT2D eigenvalue weighted by molar-refractivity contribution is 9.10. The molecule has 0 amide bonds. The fraction of sp³-hybridized carbons (Fsp3) is 0. The fourth-order valence-corrected chi connectivity index (χ4v) is 2.28. The molecule has 0 radical (unpaired) electrons. The Hall–Kier alpha value is -1.27. The summed E-state index contributed by atoms with van der Waals surface area (Å²) in [4.78, 5) is 14.0. The van der Waals surface area contributed by atoms with Crippen LogP contribution in [-0.2, 0) is 0 Å². The smallest absolute Gasteiger partial charge is 0.258 e. The molecule has 0 aliphatic heterocycles. The molecule has 0 aliphatic carbocycles. The highest BCUT2D eigenvalue weighted by Gasteiger charge is 2.21. The molecule has 0 atom stereocenters. The summed E-state index contributed by atoms with van der Waals surface area (Å²) in [5.41, 5.74) is -0.0525. The predicted molar refractivity (Wildman–Crippen MR) is 61.1 cm³/mol. The quantitative estimate of drug-likeness (QED) is 0.458. The van der Waals surface area contributed by atoms with Crippen molar-refractivity contribution >= 4 is 44.1 Å². The average molecular weight is 305 g/mol. The molecule has 1 aromatic heterocycles. The van der Waals surface area contributed by atoms with Crippen LogP contribution in [-0.4, -0.2) is 9.91 Å². The Morgan fingerprint density at radius 1 is 1.50 bits per heavy atom. The Morgan fingerprint density at radius 2 is 2.19 bits per heavy atom. The van der Waals surface area contributed by atoms with Crippen molar-refractivity contribution in [1.29, 1.82) is 0 Å². The van der Waals surface area contributed by atoms with Crippen LogP contribution in [0.4, 0.5) is 10.1 Å². The lowest BCUT2D eigenvalue weighted by atomic mass is 10.2. The Balaban J connectivity index is 2.89.